The number of hydrogen-bond donors (Lipinski definition) is 2. The number of hydrogen-bond acceptors (Lipinski definition) is 4. The van der Waals surface area contributed by atoms with Gasteiger partial charge in [-0.3, -0.25) is 4.98 Å². The number of nitrogens with one attached hydrogen (secondary N) is 1. The SMILES string of the molecule is COc1ccc(CNCc2cccnc2)c(O)c1. The molecule has 4 nitrogen and oxygen atoms in total. The maximum absolute atomic E-state index is 9.79. The molecule has 4 heteroatoms. The second kappa shape index (κ2) is 6.02. The molecule has 0 aliphatic rings. The summed E-state index contributed by atoms with van der Waals surface area (Å²) in [6.45, 7) is 1.32. The third-order valence-corrected chi connectivity index (χ3v) is 2.66. The first-order valence-electron chi connectivity index (χ1n) is 5.75. The summed E-state index contributed by atoms with van der Waals surface area (Å²) >= 11 is 0. The molecular weight excluding hydrogens is 228 g/mol. The topological polar surface area (TPSA) is 54.4 Å². The van der Waals surface area contributed by atoms with Crippen molar-refractivity contribution in [3.63, 3.8) is 0 Å². The maximum Gasteiger partial charge on any atom is 0.123 e. The van der Waals surface area contributed by atoms with Crippen LogP contribution in [-0.2, 0) is 13.1 Å². The monoisotopic (exact) mass is 244 g/mol. The zero-order valence-corrected chi connectivity index (χ0v) is 10.3. The normalized spacial score (nSPS) is 10.3. The van der Waals surface area contributed by atoms with E-state index in [0.717, 1.165) is 17.7 Å². The number of phenolic OH excluding ortho intramolecular Hbond substituents is 1. The molecular formula is C14H16N2O2. The molecule has 0 amide bonds. The predicted octanol–water partition coefficient (Wildman–Crippen LogP) is 2.09. The summed E-state index contributed by atoms with van der Waals surface area (Å²) in [5.74, 6) is 0.900. The number of phenols is 1. The predicted molar refractivity (Wildman–Crippen MR) is 69.4 cm³/mol. The summed E-state index contributed by atoms with van der Waals surface area (Å²) in [4.78, 5) is 4.04. The molecule has 0 saturated heterocycles. The quantitative estimate of drug-likeness (QED) is 0.845. The minimum Gasteiger partial charge on any atom is -0.507 e. The fourth-order valence-corrected chi connectivity index (χ4v) is 1.66. The average Bonchev–Trinajstić information content (AvgIpc) is 2.42. The fraction of sp³-hybridized carbons (Fsp3) is 0.214. The molecule has 2 aromatic rings. The van der Waals surface area contributed by atoms with Gasteiger partial charge in [-0.1, -0.05) is 12.1 Å². The van der Waals surface area contributed by atoms with Gasteiger partial charge in [-0.05, 0) is 17.7 Å². The highest BCUT2D eigenvalue weighted by Gasteiger charge is 2.02. The lowest BCUT2D eigenvalue weighted by atomic mass is 10.2. The van der Waals surface area contributed by atoms with Gasteiger partial charge in [-0.15, -0.1) is 0 Å². The maximum atomic E-state index is 9.79. The minimum atomic E-state index is 0.244. The van der Waals surface area contributed by atoms with Gasteiger partial charge in [0.2, 0.25) is 0 Å². The standard InChI is InChI=1S/C14H16N2O2/c1-18-13-5-4-12(14(17)7-13)10-16-9-11-3-2-6-15-8-11/h2-8,16-17H,9-10H2,1H3. The number of aromatic hydroxyl groups is 1. The Labute approximate surface area is 106 Å². The molecule has 2 N–H and O–H groups in total. The van der Waals surface area contributed by atoms with E-state index in [-0.39, 0.29) is 5.75 Å². The Balaban J connectivity index is 1.91. The summed E-state index contributed by atoms with van der Waals surface area (Å²) in [7, 11) is 1.58. The van der Waals surface area contributed by atoms with Crippen molar-refractivity contribution in [1.82, 2.24) is 10.3 Å². The van der Waals surface area contributed by atoms with Crippen molar-refractivity contribution in [3.05, 3.63) is 53.9 Å². The van der Waals surface area contributed by atoms with Crippen LogP contribution in [0, 0.1) is 0 Å². The van der Waals surface area contributed by atoms with Crippen LogP contribution in [0.25, 0.3) is 0 Å². The molecule has 0 saturated carbocycles. The van der Waals surface area contributed by atoms with E-state index in [0.29, 0.717) is 12.3 Å². The zero-order valence-electron chi connectivity index (χ0n) is 10.3. The number of ether oxygens (including phenoxy) is 1. The molecule has 18 heavy (non-hydrogen) atoms. The van der Waals surface area contributed by atoms with Crippen LogP contribution < -0.4 is 10.1 Å². The van der Waals surface area contributed by atoms with Gasteiger partial charge in [-0.2, -0.15) is 0 Å². The molecule has 1 heterocycles. The fourth-order valence-electron chi connectivity index (χ4n) is 1.66. The van der Waals surface area contributed by atoms with Crippen molar-refractivity contribution in [1.29, 1.82) is 0 Å². The molecule has 0 fully saturated rings. The highest BCUT2D eigenvalue weighted by atomic mass is 16.5. The largest absolute Gasteiger partial charge is 0.507 e. The molecule has 0 spiro atoms. The lowest BCUT2D eigenvalue weighted by Gasteiger charge is -2.08. The number of benzene rings is 1. The summed E-state index contributed by atoms with van der Waals surface area (Å²) < 4.78 is 5.04. The number of aromatic nitrogens is 1. The Kier molecular flexibility index (Phi) is 4.15. The highest BCUT2D eigenvalue weighted by Crippen LogP contribution is 2.23. The lowest BCUT2D eigenvalue weighted by molar-refractivity contribution is 0.406. The molecule has 2 rings (SSSR count). The van der Waals surface area contributed by atoms with E-state index in [1.807, 2.05) is 30.5 Å². The van der Waals surface area contributed by atoms with Gasteiger partial charge >= 0.3 is 0 Å². The molecule has 0 aliphatic carbocycles. The van der Waals surface area contributed by atoms with E-state index in [1.165, 1.54) is 0 Å². The van der Waals surface area contributed by atoms with Crippen LogP contribution >= 0.6 is 0 Å². The van der Waals surface area contributed by atoms with E-state index >= 15 is 0 Å². The van der Waals surface area contributed by atoms with Crippen molar-refractivity contribution in [2.75, 3.05) is 7.11 Å². The summed E-state index contributed by atoms with van der Waals surface area (Å²) in [6.07, 6.45) is 3.57. The molecule has 0 radical (unpaired) electrons. The van der Waals surface area contributed by atoms with Crippen molar-refractivity contribution >= 4 is 0 Å². The Bertz CT molecular complexity index is 500. The molecule has 94 valence electrons. The second-order valence-corrected chi connectivity index (χ2v) is 3.96. The lowest BCUT2D eigenvalue weighted by Crippen LogP contribution is -2.12. The van der Waals surface area contributed by atoms with Gasteiger partial charge in [0.15, 0.2) is 0 Å². The van der Waals surface area contributed by atoms with Gasteiger partial charge in [0.05, 0.1) is 7.11 Å². The van der Waals surface area contributed by atoms with E-state index in [2.05, 4.69) is 10.3 Å². The summed E-state index contributed by atoms with van der Waals surface area (Å²) in [6, 6.07) is 9.21. The van der Waals surface area contributed by atoms with Gasteiger partial charge < -0.3 is 15.2 Å². The van der Waals surface area contributed by atoms with Crippen LogP contribution in [0.3, 0.4) is 0 Å². The van der Waals surface area contributed by atoms with Crippen LogP contribution in [0.1, 0.15) is 11.1 Å². The van der Waals surface area contributed by atoms with Crippen LogP contribution in [0.15, 0.2) is 42.7 Å². The van der Waals surface area contributed by atoms with Gasteiger partial charge in [0, 0.05) is 37.1 Å². The second-order valence-electron chi connectivity index (χ2n) is 3.96. The molecule has 1 aromatic heterocycles. The van der Waals surface area contributed by atoms with E-state index < -0.39 is 0 Å². The first-order chi connectivity index (χ1) is 8.79. The van der Waals surface area contributed by atoms with E-state index in [4.69, 9.17) is 4.74 Å². The van der Waals surface area contributed by atoms with Crippen LogP contribution in [0.5, 0.6) is 11.5 Å². The van der Waals surface area contributed by atoms with Crippen LogP contribution in [0.2, 0.25) is 0 Å². The first kappa shape index (κ1) is 12.4. The molecule has 1 aromatic carbocycles. The van der Waals surface area contributed by atoms with Crippen LogP contribution in [0.4, 0.5) is 0 Å². The average molecular weight is 244 g/mol. The molecule has 0 bridgehead atoms. The number of nitrogens with zero attached hydrogens (tertiary/aromatic N) is 1. The first-order valence-corrected chi connectivity index (χ1v) is 5.75. The Morgan fingerprint density at radius 1 is 1.28 bits per heavy atom. The Morgan fingerprint density at radius 3 is 2.83 bits per heavy atom. The molecule has 0 atom stereocenters. The smallest absolute Gasteiger partial charge is 0.123 e. The third-order valence-electron chi connectivity index (χ3n) is 2.66. The number of rotatable bonds is 5. The highest BCUT2D eigenvalue weighted by molar-refractivity contribution is 5.39. The number of methoxy groups -OCH3 is 1. The zero-order chi connectivity index (χ0) is 12.8. The van der Waals surface area contributed by atoms with E-state index in [1.54, 1.807) is 19.4 Å². The summed E-state index contributed by atoms with van der Waals surface area (Å²) in [5.41, 5.74) is 1.96. The van der Waals surface area contributed by atoms with E-state index in [9.17, 15) is 5.11 Å². The Hall–Kier alpha value is -2.07. The Morgan fingerprint density at radius 2 is 2.17 bits per heavy atom. The van der Waals surface area contributed by atoms with Crippen molar-refractivity contribution in [2.45, 2.75) is 13.1 Å². The molecule has 0 aliphatic heterocycles. The third kappa shape index (κ3) is 3.21. The van der Waals surface area contributed by atoms with Crippen LogP contribution in [-0.4, -0.2) is 17.2 Å². The summed E-state index contributed by atoms with van der Waals surface area (Å²) in [5, 5.41) is 13.0. The minimum absolute atomic E-state index is 0.244. The van der Waals surface area contributed by atoms with Gasteiger partial charge in [0.25, 0.3) is 0 Å². The van der Waals surface area contributed by atoms with Crippen molar-refractivity contribution in [2.24, 2.45) is 0 Å². The van der Waals surface area contributed by atoms with Crippen molar-refractivity contribution < 1.29 is 9.84 Å². The van der Waals surface area contributed by atoms with Gasteiger partial charge in [-0.25, -0.2) is 0 Å². The molecule has 0 unspecified atom stereocenters. The van der Waals surface area contributed by atoms with Gasteiger partial charge in [0.1, 0.15) is 11.5 Å². The van der Waals surface area contributed by atoms with Crippen molar-refractivity contribution in [3.8, 4) is 11.5 Å². The number of pyridine rings is 1.